The number of unbranched alkanes of at least 4 members (excludes halogenated alkanes) is 1. The molecule has 0 amide bonds. The van der Waals surface area contributed by atoms with E-state index in [0.717, 1.165) is 30.6 Å². The Bertz CT molecular complexity index is 1070. The van der Waals surface area contributed by atoms with Crippen LogP contribution in [-0.2, 0) is 6.54 Å². The molecule has 2 heterocycles. The van der Waals surface area contributed by atoms with Crippen molar-refractivity contribution >= 4 is 0 Å². The predicted octanol–water partition coefficient (Wildman–Crippen LogP) is 3.53. The molecule has 2 aliphatic heterocycles. The van der Waals surface area contributed by atoms with Crippen LogP contribution in [0, 0.1) is 10.6 Å². The van der Waals surface area contributed by atoms with Gasteiger partial charge in [-0.3, -0.25) is 4.79 Å². The number of imidazole rings is 1. The van der Waals surface area contributed by atoms with E-state index in [1.807, 2.05) is 41.1 Å². The van der Waals surface area contributed by atoms with Crippen molar-refractivity contribution in [1.29, 1.82) is 0 Å². The number of fused-ring (bicyclic) bond motifs is 2. The summed E-state index contributed by atoms with van der Waals surface area (Å²) in [6, 6.07) is 13.4. The van der Waals surface area contributed by atoms with E-state index in [2.05, 4.69) is 16.9 Å². The Balaban J connectivity index is 2.06. The molecule has 0 bridgehead atoms. The largest absolute Gasteiger partial charge is 0.376 e. The molecule has 3 aliphatic rings. The number of nitrogens with zero attached hydrogens (tertiary/aromatic N) is 3. The standard InChI is InChI=1S/C19H17N3O2/c1-2-3-9-22-16(13-7-5-4-6-8-13)10-14-17(23)11-15-18(19(14)24-22)21-12-20-15/h4-8,10-12H,2-3,9H2,1H3. The number of hydrogen-bond acceptors (Lipinski definition) is 4. The molecule has 0 unspecified atom stereocenters. The number of rotatable bonds is 4. The normalized spacial score (nSPS) is 11.4. The molecule has 0 fully saturated rings. The zero-order chi connectivity index (χ0) is 16.5. The first-order valence-corrected chi connectivity index (χ1v) is 8.12. The van der Waals surface area contributed by atoms with E-state index in [-0.39, 0.29) is 5.43 Å². The molecule has 0 saturated heterocycles. The lowest BCUT2D eigenvalue weighted by molar-refractivity contribution is 0.237. The van der Waals surface area contributed by atoms with Crippen LogP contribution in [0.15, 0.2) is 58.1 Å². The molecule has 0 N–H and O–H groups in total. The topological polar surface area (TPSA) is 60.9 Å². The highest BCUT2D eigenvalue weighted by Crippen LogP contribution is 2.23. The van der Waals surface area contributed by atoms with Gasteiger partial charge in [-0.05, 0) is 12.5 Å². The summed E-state index contributed by atoms with van der Waals surface area (Å²) in [6.07, 6.45) is 3.51. The van der Waals surface area contributed by atoms with Crippen LogP contribution in [-0.4, -0.2) is 14.7 Å². The zero-order valence-corrected chi connectivity index (χ0v) is 13.4. The lowest BCUT2D eigenvalue weighted by atomic mass is 10.1. The minimum atomic E-state index is -0.0958. The van der Waals surface area contributed by atoms with Crippen molar-refractivity contribution in [2.24, 2.45) is 0 Å². The van der Waals surface area contributed by atoms with Gasteiger partial charge in [-0.15, -0.1) is 0 Å². The average Bonchev–Trinajstić information content (AvgIpc) is 3.08. The first-order valence-electron chi connectivity index (χ1n) is 8.12. The van der Waals surface area contributed by atoms with E-state index in [1.54, 1.807) is 0 Å². The van der Waals surface area contributed by atoms with Gasteiger partial charge in [0.2, 0.25) is 0 Å². The summed E-state index contributed by atoms with van der Waals surface area (Å²) >= 11 is 0. The molecule has 1 aromatic carbocycles. The Hall–Kier alpha value is -2.95. The van der Waals surface area contributed by atoms with E-state index in [9.17, 15) is 4.79 Å². The minimum Gasteiger partial charge on any atom is -0.376 e. The zero-order valence-electron chi connectivity index (χ0n) is 13.4. The summed E-state index contributed by atoms with van der Waals surface area (Å²) < 4.78 is 7.97. The first-order chi connectivity index (χ1) is 11.8. The fraction of sp³-hybridized carbons (Fsp3) is 0.211. The summed E-state index contributed by atoms with van der Waals surface area (Å²) in [5.41, 5.74) is 3.53. The number of aromatic nitrogens is 3. The monoisotopic (exact) mass is 319 g/mol. The van der Waals surface area contributed by atoms with Crippen LogP contribution < -0.4 is 5.43 Å². The van der Waals surface area contributed by atoms with Crippen LogP contribution >= 0.6 is 0 Å². The van der Waals surface area contributed by atoms with Crippen molar-refractivity contribution < 1.29 is 4.52 Å². The summed E-state index contributed by atoms with van der Waals surface area (Å²) in [7, 11) is 0. The number of benzene rings is 1. The second-order valence-electron chi connectivity index (χ2n) is 5.80. The van der Waals surface area contributed by atoms with Crippen LogP contribution in [0.2, 0.25) is 0 Å². The molecule has 120 valence electrons. The molecule has 0 spiro atoms. The Labute approximate surface area is 138 Å². The molecule has 0 radical (unpaired) electrons. The van der Waals surface area contributed by atoms with Crippen LogP contribution in [0.3, 0.4) is 0 Å². The number of hydrogen-bond donors (Lipinski definition) is 0. The average molecular weight is 319 g/mol. The molecule has 4 rings (SSSR count). The fourth-order valence-corrected chi connectivity index (χ4v) is 2.90. The highest BCUT2D eigenvalue weighted by molar-refractivity contribution is 5.61. The maximum Gasteiger partial charge on any atom is 0.194 e. The third-order valence-electron chi connectivity index (χ3n) is 4.15. The molecule has 5 heteroatoms. The van der Waals surface area contributed by atoms with Gasteiger partial charge in [0.1, 0.15) is 12.0 Å². The Morgan fingerprint density at radius 3 is 2.75 bits per heavy atom. The van der Waals surface area contributed by atoms with Gasteiger partial charge >= 0.3 is 0 Å². The van der Waals surface area contributed by atoms with Gasteiger partial charge in [0, 0.05) is 11.6 Å². The highest BCUT2D eigenvalue weighted by Gasteiger charge is 2.16. The molecular weight excluding hydrogens is 302 g/mol. The highest BCUT2D eigenvalue weighted by atomic mass is 16.5. The van der Waals surface area contributed by atoms with E-state index in [0.29, 0.717) is 22.0 Å². The van der Waals surface area contributed by atoms with Gasteiger partial charge in [0.25, 0.3) is 0 Å². The molecule has 5 nitrogen and oxygen atoms in total. The smallest absolute Gasteiger partial charge is 0.194 e. The maximum atomic E-state index is 12.5. The SMILES string of the molecule is CCCCn1oc2c3ncnc-3cc(=O)c=2cc1-c1ccccc1. The second-order valence-corrected chi connectivity index (χ2v) is 5.80. The third kappa shape index (κ3) is 2.38. The summed E-state index contributed by atoms with van der Waals surface area (Å²) in [4.78, 5) is 20.8. The van der Waals surface area contributed by atoms with E-state index in [4.69, 9.17) is 4.52 Å². The summed E-state index contributed by atoms with van der Waals surface area (Å²) in [6.45, 7) is 2.88. The van der Waals surface area contributed by atoms with Crippen molar-refractivity contribution in [3.63, 3.8) is 0 Å². The Kier molecular flexibility index (Phi) is 3.61. The van der Waals surface area contributed by atoms with Crippen molar-refractivity contribution in [1.82, 2.24) is 14.7 Å². The van der Waals surface area contributed by atoms with Crippen molar-refractivity contribution in [2.75, 3.05) is 0 Å². The quantitative estimate of drug-likeness (QED) is 0.577. The van der Waals surface area contributed by atoms with Gasteiger partial charge in [-0.25, -0.2) is 14.7 Å². The third-order valence-corrected chi connectivity index (χ3v) is 4.15. The van der Waals surface area contributed by atoms with Crippen LogP contribution in [0.4, 0.5) is 0 Å². The Morgan fingerprint density at radius 2 is 1.96 bits per heavy atom. The lowest BCUT2D eigenvalue weighted by Gasteiger charge is -2.13. The number of aryl methyl sites for hydroxylation is 1. The van der Waals surface area contributed by atoms with Gasteiger partial charge in [-0.2, -0.15) is 0 Å². The minimum absolute atomic E-state index is 0.0958. The van der Waals surface area contributed by atoms with Crippen LogP contribution in [0.25, 0.3) is 22.6 Å². The van der Waals surface area contributed by atoms with Crippen molar-refractivity contribution in [3.05, 3.63) is 69.6 Å². The van der Waals surface area contributed by atoms with E-state index >= 15 is 0 Å². The molecule has 1 aliphatic carbocycles. The Morgan fingerprint density at radius 1 is 1.12 bits per heavy atom. The van der Waals surface area contributed by atoms with Crippen LogP contribution in [0.5, 0.6) is 0 Å². The molecule has 0 aromatic heterocycles. The summed E-state index contributed by atoms with van der Waals surface area (Å²) in [5, 5.41) is 0.537. The second kappa shape index (κ2) is 5.92. The molecule has 0 atom stereocenters. The predicted molar refractivity (Wildman–Crippen MR) is 90.8 cm³/mol. The molecule has 1 aromatic rings. The van der Waals surface area contributed by atoms with E-state index < -0.39 is 0 Å². The summed E-state index contributed by atoms with van der Waals surface area (Å²) in [5.74, 6) is 0. The maximum absolute atomic E-state index is 12.5. The van der Waals surface area contributed by atoms with Gasteiger partial charge in [0.15, 0.2) is 10.8 Å². The van der Waals surface area contributed by atoms with E-state index in [1.165, 1.54) is 12.4 Å². The first kappa shape index (κ1) is 14.6. The van der Waals surface area contributed by atoms with Crippen molar-refractivity contribution in [3.8, 4) is 22.6 Å². The van der Waals surface area contributed by atoms with Gasteiger partial charge in [0.05, 0.1) is 23.2 Å². The molecule has 24 heavy (non-hydrogen) atoms. The van der Waals surface area contributed by atoms with Crippen molar-refractivity contribution in [2.45, 2.75) is 26.3 Å². The van der Waals surface area contributed by atoms with Gasteiger partial charge in [-0.1, -0.05) is 43.7 Å². The lowest BCUT2D eigenvalue weighted by Crippen LogP contribution is -2.10. The fourth-order valence-electron chi connectivity index (χ4n) is 2.90. The molecular formula is C19H17N3O2. The molecule has 0 saturated carbocycles. The van der Waals surface area contributed by atoms with Gasteiger partial charge < -0.3 is 4.52 Å². The van der Waals surface area contributed by atoms with Crippen LogP contribution in [0.1, 0.15) is 19.8 Å².